The van der Waals surface area contributed by atoms with E-state index in [1.807, 2.05) is 0 Å². The molecule has 1 unspecified atom stereocenters. The molecular weight excluding hydrogens is 405 g/mol. The quantitative estimate of drug-likeness (QED) is 0.725. The van der Waals surface area contributed by atoms with Gasteiger partial charge in [-0.05, 0) is 12.1 Å². The smallest absolute Gasteiger partial charge is 0.475 e. The van der Waals surface area contributed by atoms with E-state index in [9.17, 15) is 26.7 Å². The zero-order chi connectivity index (χ0) is 21.6. The molecule has 12 heteroatoms. The summed E-state index contributed by atoms with van der Waals surface area (Å²) in [5.74, 6) is -4.04. The Hall–Kier alpha value is -2.76. The lowest BCUT2D eigenvalue weighted by atomic mass is 10.0. The standard InChI is InChI=1S/C15H17F2N3O2.C2HF3O2/c16-10-1-2-12(13(17)7-10)14-8-11(22-19-14)9-15(21)20-5-3-18-4-6-20;3-2(4,5)1(6)7/h1-2,7,11,18H,3-6,8-9H2;(H,6,7). The molecule has 2 aliphatic heterocycles. The Bertz CT molecular complexity index is 779. The first-order valence-electron chi connectivity index (χ1n) is 8.54. The van der Waals surface area contributed by atoms with Crippen LogP contribution in [0.15, 0.2) is 23.4 Å². The second kappa shape index (κ2) is 9.63. The molecule has 7 nitrogen and oxygen atoms in total. The Kier molecular flexibility index (Phi) is 7.48. The number of amides is 1. The van der Waals surface area contributed by atoms with Crippen LogP contribution < -0.4 is 5.32 Å². The summed E-state index contributed by atoms with van der Waals surface area (Å²) in [6, 6.07) is 3.34. The number of nitrogens with one attached hydrogen (secondary N) is 1. The van der Waals surface area contributed by atoms with E-state index in [4.69, 9.17) is 14.7 Å². The van der Waals surface area contributed by atoms with Crippen LogP contribution in [0.1, 0.15) is 18.4 Å². The third kappa shape index (κ3) is 6.66. The molecular formula is C17H18F5N3O4. The van der Waals surface area contributed by atoms with Gasteiger partial charge < -0.3 is 20.2 Å². The van der Waals surface area contributed by atoms with E-state index < -0.39 is 23.8 Å². The lowest BCUT2D eigenvalue weighted by Crippen LogP contribution is -2.47. The molecule has 160 valence electrons. The highest BCUT2D eigenvalue weighted by molar-refractivity contribution is 6.01. The van der Waals surface area contributed by atoms with Crippen molar-refractivity contribution in [2.24, 2.45) is 5.16 Å². The lowest BCUT2D eigenvalue weighted by Gasteiger charge is -2.28. The summed E-state index contributed by atoms with van der Waals surface area (Å²) in [5.41, 5.74) is 0.633. The molecule has 29 heavy (non-hydrogen) atoms. The summed E-state index contributed by atoms with van der Waals surface area (Å²) in [6.45, 7) is 2.96. The second-order valence-electron chi connectivity index (χ2n) is 6.23. The number of hydrogen-bond acceptors (Lipinski definition) is 5. The molecule has 2 aliphatic rings. The molecule has 2 N–H and O–H groups in total. The molecule has 1 atom stereocenters. The van der Waals surface area contributed by atoms with Crippen LogP contribution in [0.2, 0.25) is 0 Å². The predicted molar refractivity (Wildman–Crippen MR) is 90.1 cm³/mol. The van der Waals surface area contributed by atoms with Gasteiger partial charge in [0.05, 0.1) is 12.1 Å². The summed E-state index contributed by atoms with van der Waals surface area (Å²) in [5, 5.41) is 14.2. The van der Waals surface area contributed by atoms with Gasteiger partial charge in [-0.3, -0.25) is 4.79 Å². The van der Waals surface area contributed by atoms with E-state index in [1.165, 1.54) is 12.1 Å². The van der Waals surface area contributed by atoms with Crippen LogP contribution in [0.25, 0.3) is 0 Å². The minimum Gasteiger partial charge on any atom is -0.475 e. The Morgan fingerprint density at radius 1 is 1.24 bits per heavy atom. The van der Waals surface area contributed by atoms with Crippen molar-refractivity contribution >= 4 is 17.6 Å². The topological polar surface area (TPSA) is 91.2 Å². The van der Waals surface area contributed by atoms with Crippen LogP contribution in [0.4, 0.5) is 22.0 Å². The van der Waals surface area contributed by atoms with E-state index in [-0.39, 0.29) is 24.0 Å². The lowest BCUT2D eigenvalue weighted by molar-refractivity contribution is -0.192. The van der Waals surface area contributed by atoms with Crippen molar-refractivity contribution in [1.29, 1.82) is 0 Å². The molecule has 0 aliphatic carbocycles. The monoisotopic (exact) mass is 423 g/mol. The van der Waals surface area contributed by atoms with E-state index >= 15 is 0 Å². The number of nitrogens with zero attached hydrogens (tertiary/aromatic N) is 2. The van der Waals surface area contributed by atoms with Crippen molar-refractivity contribution in [2.75, 3.05) is 26.2 Å². The van der Waals surface area contributed by atoms with Gasteiger partial charge in [0.2, 0.25) is 5.91 Å². The van der Waals surface area contributed by atoms with Gasteiger partial charge in [-0.15, -0.1) is 0 Å². The summed E-state index contributed by atoms with van der Waals surface area (Å²) >= 11 is 0. The number of carbonyl (C=O) groups excluding carboxylic acids is 1. The minimum atomic E-state index is -5.08. The van der Waals surface area contributed by atoms with Gasteiger partial charge in [0.25, 0.3) is 0 Å². The van der Waals surface area contributed by atoms with Crippen LogP contribution in [-0.2, 0) is 14.4 Å². The first-order valence-corrected chi connectivity index (χ1v) is 8.54. The van der Waals surface area contributed by atoms with Crippen molar-refractivity contribution in [3.8, 4) is 0 Å². The van der Waals surface area contributed by atoms with Crippen LogP contribution in [0.5, 0.6) is 0 Å². The second-order valence-corrected chi connectivity index (χ2v) is 6.23. The third-order valence-electron chi connectivity index (χ3n) is 4.09. The highest BCUT2D eigenvalue weighted by Gasteiger charge is 2.38. The Morgan fingerprint density at radius 2 is 1.86 bits per heavy atom. The number of halogens is 5. The van der Waals surface area contributed by atoms with E-state index in [2.05, 4.69) is 10.5 Å². The average Bonchev–Trinajstić information content (AvgIpc) is 3.10. The van der Waals surface area contributed by atoms with Crippen molar-refractivity contribution in [3.63, 3.8) is 0 Å². The number of carboxylic acid groups (broad SMARTS) is 1. The maximum absolute atomic E-state index is 13.7. The van der Waals surface area contributed by atoms with Crippen LogP contribution >= 0.6 is 0 Å². The molecule has 0 radical (unpaired) electrons. The number of hydrogen-bond donors (Lipinski definition) is 2. The number of aliphatic carboxylic acids is 1. The van der Waals surface area contributed by atoms with Crippen molar-refractivity contribution < 1.29 is 41.5 Å². The zero-order valence-electron chi connectivity index (χ0n) is 15.0. The third-order valence-corrected chi connectivity index (χ3v) is 4.09. The fraction of sp³-hybridized carbons (Fsp3) is 0.471. The largest absolute Gasteiger partial charge is 0.490 e. The van der Waals surface area contributed by atoms with E-state index in [0.29, 0.717) is 25.2 Å². The Morgan fingerprint density at radius 3 is 2.41 bits per heavy atom. The van der Waals surface area contributed by atoms with Gasteiger partial charge >= 0.3 is 12.1 Å². The summed E-state index contributed by atoms with van der Waals surface area (Å²) < 4.78 is 58.4. The molecule has 2 heterocycles. The van der Waals surface area contributed by atoms with Gasteiger partial charge in [0.15, 0.2) is 0 Å². The fourth-order valence-corrected chi connectivity index (χ4v) is 2.66. The number of carbonyl (C=O) groups is 2. The molecule has 0 saturated carbocycles. The Balaban J connectivity index is 0.000000370. The first kappa shape index (κ1) is 22.5. The van der Waals surface area contributed by atoms with Crippen LogP contribution in [0.3, 0.4) is 0 Å². The molecule has 1 aromatic carbocycles. The fourth-order valence-electron chi connectivity index (χ4n) is 2.66. The number of piperazine rings is 1. The van der Waals surface area contributed by atoms with Crippen molar-refractivity contribution in [3.05, 3.63) is 35.4 Å². The van der Waals surface area contributed by atoms with E-state index in [1.54, 1.807) is 4.90 Å². The molecule has 1 aromatic rings. The maximum Gasteiger partial charge on any atom is 0.490 e. The SMILES string of the molecule is O=C(CC1CC(c2ccc(F)cc2F)=NO1)N1CCNCC1.O=C(O)C(F)(F)F. The molecule has 1 amide bonds. The zero-order valence-corrected chi connectivity index (χ0v) is 15.0. The highest BCUT2D eigenvalue weighted by Crippen LogP contribution is 2.22. The molecule has 0 spiro atoms. The summed E-state index contributed by atoms with van der Waals surface area (Å²) in [4.78, 5) is 28.1. The number of rotatable bonds is 3. The molecule has 0 bridgehead atoms. The summed E-state index contributed by atoms with van der Waals surface area (Å²) in [6.07, 6.45) is -4.90. The number of benzene rings is 1. The molecule has 1 fully saturated rings. The van der Waals surface area contributed by atoms with Gasteiger partial charge in [0.1, 0.15) is 17.7 Å². The van der Waals surface area contributed by atoms with Gasteiger partial charge in [-0.2, -0.15) is 13.2 Å². The Labute approximate surface area is 162 Å². The number of carboxylic acids is 1. The van der Waals surface area contributed by atoms with Gasteiger partial charge in [0, 0.05) is 44.2 Å². The maximum atomic E-state index is 13.7. The normalized spacial score (nSPS) is 19.0. The van der Waals surface area contributed by atoms with Crippen molar-refractivity contribution in [2.45, 2.75) is 25.1 Å². The van der Waals surface area contributed by atoms with Gasteiger partial charge in [-0.25, -0.2) is 13.6 Å². The predicted octanol–water partition coefficient (Wildman–Crippen LogP) is 1.91. The van der Waals surface area contributed by atoms with Gasteiger partial charge in [-0.1, -0.05) is 5.16 Å². The minimum absolute atomic E-state index is 0.0162. The van der Waals surface area contributed by atoms with E-state index in [0.717, 1.165) is 19.2 Å². The van der Waals surface area contributed by atoms with Crippen LogP contribution in [-0.4, -0.2) is 66.1 Å². The average molecular weight is 423 g/mol. The molecule has 0 aromatic heterocycles. The summed E-state index contributed by atoms with van der Waals surface area (Å²) in [7, 11) is 0. The number of oxime groups is 1. The first-order chi connectivity index (χ1) is 13.6. The number of alkyl halides is 3. The highest BCUT2D eigenvalue weighted by atomic mass is 19.4. The van der Waals surface area contributed by atoms with Crippen LogP contribution in [0, 0.1) is 11.6 Å². The molecule has 3 rings (SSSR count). The molecule has 1 saturated heterocycles. The van der Waals surface area contributed by atoms with Crippen molar-refractivity contribution in [1.82, 2.24) is 10.2 Å².